The van der Waals surface area contributed by atoms with Crippen LogP contribution in [-0.4, -0.2) is 24.3 Å². The van der Waals surface area contributed by atoms with E-state index in [9.17, 15) is 0 Å². The van der Waals surface area contributed by atoms with Crippen molar-refractivity contribution in [3.8, 4) is 44.8 Å². The molecule has 0 bridgehead atoms. The van der Waals surface area contributed by atoms with Crippen LogP contribution < -0.4 is 4.90 Å². The largest absolute Gasteiger partial charge is 0.421 e. The normalized spacial score (nSPS) is 10.9. The van der Waals surface area contributed by atoms with Gasteiger partial charge in [0.1, 0.15) is 0 Å². The maximum absolute atomic E-state index is 5.57. The van der Waals surface area contributed by atoms with Crippen molar-refractivity contribution in [2.75, 3.05) is 19.0 Å². The molecule has 0 spiro atoms. The zero-order valence-electron chi connectivity index (χ0n) is 19.0. The first-order chi connectivity index (χ1) is 16.1. The second-order valence-electron chi connectivity index (χ2n) is 8.24. The van der Waals surface area contributed by atoms with Gasteiger partial charge in [0, 0.05) is 32.3 Å². The average Bonchev–Trinajstić information content (AvgIpc) is 3.30. The number of aryl methyl sites for hydroxylation is 1. The minimum atomic E-state index is 0.541. The Bertz CT molecular complexity index is 1380. The number of nitrogens with zero attached hydrogens (tertiary/aromatic N) is 3. The summed E-state index contributed by atoms with van der Waals surface area (Å²) < 4.78 is 5.57. The summed E-state index contributed by atoms with van der Waals surface area (Å²) in [6.45, 7) is 1.80. The molecule has 0 saturated carbocycles. The molecule has 1 aromatic heterocycles. The van der Waals surface area contributed by atoms with Crippen LogP contribution in [0, 0.1) is 6.92 Å². The highest BCUT2D eigenvalue weighted by atomic mass is 16.4. The van der Waals surface area contributed by atoms with Crippen molar-refractivity contribution in [3.05, 3.63) is 103 Å². The molecule has 0 unspecified atom stereocenters. The second kappa shape index (κ2) is 8.75. The molecule has 0 N–H and O–H groups in total. The fourth-order valence-corrected chi connectivity index (χ4v) is 4.08. The molecule has 0 atom stereocenters. The van der Waals surface area contributed by atoms with Gasteiger partial charge < -0.3 is 9.32 Å². The molecule has 0 aliphatic heterocycles. The van der Waals surface area contributed by atoms with Crippen LogP contribution in [-0.2, 0) is 0 Å². The van der Waals surface area contributed by atoms with Crippen LogP contribution in [0.5, 0.6) is 0 Å². The first-order valence-corrected chi connectivity index (χ1v) is 11.0. The second-order valence-corrected chi connectivity index (χ2v) is 8.24. The summed E-state index contributed by atoms with van der Waals surface area (Å²) in [6, 6.07) is 34.1. The predicted octanol–water partition coefficient (Wildman–Crippen LogP) is 7.11. The number of hydrogen-bond donors (Lipinski definition) is 0. The smallest absolute Gasteiger partial charge is 0.247 e. The van der Waals surface area contributed by atoms with Gasteiger partial charge in [-0.05, 0) is 57.6 Å². The molecule has 4 heteroatoms. The number of rotatable bonds is 5. The van der Waals surface area contributed by atoms with E-state index >= 15 is 0 Å². The Kier molecular flexibility index (Phi) is 5.49. The summed E-state index contributed by atoms with van der Waals surface area (Å²) in [7, 11) is 4.12. The number of anilines is 1. The van der Waals surface area contributed by atoms with E-state index in [0.29, 0.717) is 11.8 Å². The van der Waals surface area contributed by atoms with Gasteiger partial charge >= 0.3 is 0 Å². The van der Waals surface area contributed by atoms with Gasteiger partial charge in [-0.1, -0.05) is 72.8 Å². The lowest BCUT2D eigenvalue weighted by molar-refractivity contribution is 0.533. The van der Waals surface area contributed by atoms with Crippen molar-refractivity contribution >= 4 is 5.69 Å². The Morgan fingerprint density at radius 1 is 0.545 bits per heavy atom. The molecule has 1 heterocycles. The van der Waals surface area contributed by atoms with E-state index in [4.69, 9.17) is 4.42 Å². The molecule has 5 rings (SSSR count). The van der Waals surface area contributed by atoms with Crippen LogP contribution in [0.1, 0.15) is 5.89 Å². The third kappa shape index (κ3) is 4.15. The van der Waals surface area contributed by atoms with E-state index < -0.39 is 0 Å². The fraction of sp³-hybridized carbons (Fsp3) is 0.103. The SMILES string of the molecule is Cc1nnc(-c2ccc(-c3ccccc3-c3ccccc3-c3ccc(N(C)C)cc3)cc2)o1. The van der Waals surface area contributed by atoms with E-state index in [0.717, 1.165) is 11.1 Å². The predicted molar refractivity (Wildman–Crippen MR) is 135 cm³/mol. The van der Waals surface area contributed by atoms with Crippen molar-refractivity contribution in [1.82, 2.24) is 10.2 Å². The minimum Gasteiger partial charge on any atom is -0.421 e. The summed E-state index contributed by atoms with van der Waals surface area (Å²) >= 11 is 0. The lowest BCUT2D eigenvalue weighted by atomic mass is 9.89. The van der Waals surface area contributed by atoms with E-state index in [2.05, 4.69) is 114 Å². The Morgan fingerprint density at radius 2 is 1.00 bits per heavy atom. The Labute approximate surface area is 194 Å². The van der Waals surface area contributed by atoms with Crippen molar-refractivity contribution in [2.45, 2.75) is 6.92 Å². The molecule has 0 aliphatic carbocycles. The van der Waals surface area contributed by atoms with Gasteiger partial charge in [0.25, 0.3) is 0 Å². The molecular formula is C29H25N3O. The highest BCUT2D eigenvalue weighted by molar-refractivity contribution is 5.92. The summed E-state index contributed by atoms with van der Waals surface area (Å²) in [4.78, 5) is 2.12. The Hall–Kier alpha value is -4.18. The molecule has 33 heavy (non-hydrogen) atoms. The molecule has 5 aromatic rings. The Balaban J connectivity index is 1.56. The summed E-state index contributed by atoms with van der Waals surface area (Å²) in [5.41, 5.74) is 9.26. The zero-order chi connectivity index (χ0) is 22.8. The minimum absolute atomic E-state index is 0.541. The molecule has 0 aliphatic rings. The highest BCUT2D eigenvalue weighted by Crippen LogP contribution is 2.38. The third-order valence-electron chi connectivity index (χ3n) is 5.81. The molecule has 4 nitrogen and oxygen atoms in total. The van der Waals surface area contributed by atoms with Gasteiger partial charge in [0.2, 0.25) is 11.8 Å². The first kappa shape index (κ1) is 20.7. The summed E-state index contributed by atoms with van der Waals surface area (Å²) in [5, 5.41) is 8.06. The van der Waals surface area contributed by atoms with E-state index in [1.54, 1.807) is 6.92 Å². The maximum Gasteiger partial charge on any atom is 0.247 e. The lowest BCUT2D eigenvalue weighted by Crippen LogP contribution is -2.07. The van der Waals surface area contributed by atoms with Crippen molar-refractivity contribution < 1.29 is 4.42 Å². The highest BCUT2D eigenvalue weighted by Gasteiger charge is 2.13. The lowest BCUT2D eigenvalue weighted by Gasteiger charge is -2.16. The van der Waals surface area contributed by atoms with Crippen molar-refractivity contribution in [2.24, 2.45) is 0 Å². The zero-order valence-corrected chi connectivity index (χ0v) is 19.0. The van der Waals surface area contributed by atoms with Crippen LogP contribution in [0.15, 0.2) is 101 Å². The van der Waals surface area contributed by atoms with Gasteiger partial charge in [-0.2, -0.15) is 0 Å². The molecule has 0 fully saturated rings. The molecule has 0 radical (unpaired) electrons. The van der Waals surface area contributed by atoms with Crippen LogP contribution in [0.4, 0.5) is 5.69 Å². The molecule has 162 valence electrons. The maximum atomic E-state index is 5.57. The molecular weight excluding hydrogens is 406 g/mol. The van der Waals surface area contributed by atoms with Crippen LogP contribution in [0.3, 0.4) is 0 Å². The van der Waals surface area contributed by atoms with Crippen LogP contribution in [0.25, 0.3) is 44.8 Å². The van der Waals surface area contributed by atoms with Gasteiger partial charge in [-0.25, -0.2) is 0 Å². The number of hydrogen-bond acceptors (Lipinski definition) is 4. The standard InChI is InChI=1S/C29H25N3O/c1-20-30-31-29(33-20)23-14-12-21(13-15-23)25-8-4-6-10-27(25)28-11-7-5-9-26(28)22-16-18-24(19-17-22)32(2)3/h4-19H,1-3H3. The topological polar surface area (TPSA) is 42.2 Å². The third-order valence-corrected chi connectivity index (χ3v) is 5.81. The quantitative estimate of drug-likeness (QED) is 0.297. The molecule has 0 amide bonds. The van der Waals surface area contributed by atoms with Crippen molar-refractivity contribution in [3.63, 3.8) is 0 Å². The number of aromatic nitrogens is 2. The number of benzene rings is 4. The fourth-order valence-electron chi connectivity index (χ4n) is 4.08. The summed E-state index contributed by atoms with van der Waals surface area (Å²) in [5.74, 6) is 1.11. The van der Waals surface area contributed by atoms with Crippen molar-refractivity contribution in [1.29, 1.82) is 0 Å². The monoisotopic (exact) mass is 431 g/mol. The Morgan fingerprint density at radius 3 is 1.45 bits per heavy atom. The van der Waals surface area contributed by atoms with Crippen LogP contribution >= 0.6 is 0 Å². The van der Waals surface area contributed by atoms with Crippen LogP contribution in [0.2, 0.25) is 0 Å². The molecule has 4 aromatic carbocycles. The molecule has 0 saturated heterocycles. The summed E-state index contributed by atoms with van der Waals surface area (Å²) in [6.07, 6.45) is 0. The van der Waals surface area contributed by atoms with E-state index in [1.165, 1.54) is 33.5 Å². The van der Waals surface area contributed by atoms with Gasteiger partial charge in [0.05, 0.1) is 0 Å². The van der Waals surface area contributed by atoms with Gasteiger partial charge in [-0.3, -0.25) is 0 Å². The van der Waals surface area contributed by atoms with E-state index in [-0.39, 0.29) is 0 Å². The van der Waals surface area contributed by atoms with Gasteiger partial charge in [-0.15, -0.1) is 10.2 Å². The average molecular weight is 432 g/mol. The first-order valence-electron chi connectivity index (χ1n) is 11.0. The van der Waals surface area contributed by atoms with Gasteiger partial charge in [0.15, 0.2) is 0 Å². The van der Waals surface area contributed by atoms with E-state index in [1.807, 2.05) is 12.1 Å².